The van der Waals surface area contributed by atoms with E-state index < -0.39 is 0 Å². The summed E-state index contributed by atoms with van der Waals surface area (Å²) < 4.78 is 12.3. The third-order valence-electron chi connectivity index (χ3n) is 2.49. The molecule has 4 nitrogen and oxygen atoms in total. The summed E-state index contributed by atoms with van der Waals surface area (Å²) in [6.07, 6.45) is 0. The Bertz CT molecular complexity index is 391. The number of hydrogen-bond acceptors (Lipinski definition) is 5. The Hall–Kier alpha value is -1.04. The van der Waals surface area contributed by atoms with Gasteiger partial charge < -0.3 is 9.47 Å². The number of carbonyl (C=O) groups is 1. The molecule has 0 N–H and O–H groups in total. The fourth-order valence-electron chi connectivity index (χ4n) is 1.60. The molecule has 17 heavy (non-hydrogen) atoms. The quantitative estimate of drug-likeness (QED) is 0.607. The molecular weight excluding hydrogens is 238 g/mol. The number of rotatable bonds is 3. The fourth-order valence-corrected chi connectivity index (χ4v) is 2.60. The summed E-state index contributed by atoms with van der Waals surface area (Å²) in [6, 6.07) is 7.49. The summed E-state index contributed by atoms with van der Waals surface area (Å²) >= 11 is 1.59. The van der Waals surface area contributed by atoms with Gasteiger partial charge in [-0.15, -0.1) is 0 Å². The number of esters is 1. The number of carbonyl (C=O) groups excluding carboxylic acids is 1. The summed E-state index contributed by atoms with van der Waals surface area (Å²) in [6.45, 7) is 3.24. The number of hydrogen-bond donors (Lipinski definition) is 0. The van der Waals surface area contributed by atoms with Gasteiger partial charge in [0.2, 0.25) is 0 Å². The van der Waals surface area contributed by atoms with Gasteiger partial charge in [-0.25, -0.2) is 9.10 Å². The minimum absolute atomic E-state index is 0.290. The zero-order valence-electron chi connectivity index (χ0n) is 9.72. The molecule has 1 aliphatic rings. The highest BCUT2D eigenvalue weighted by Crippen LogP contribution is 2.27. The molecule has 0 atom stereocenters. The van der Waals surface area contributed by atoms with Crippen molar-refractivity contribution in [3.8, 4) is 0 Å². The Morgan fingerprint density at radius 1 is 1.35 bits per heavy atom. The molecule has 1 saturated heterocycles. The molecule has 0 radical (unpaired) electrons. The highest BCUT2D eigenvalue weighted by molar-refractivity contribution is 7.97. The van der Waals surface area contributed by atoms with Crippen molar-refractivity contribution in [3.05, 3.63) is 29.8 Å². The van der Waals surface area contributed by atoms with E-state index in [1.165, 1.54) is 7.11 Å². The van der Waals surface area contributed by atoms with Gasteiger partial charge in [0.15, 0.2) is 0 Å². The summed E-state index contributed by atoms with van der Waals surface area (Å²) in [5.41, 5.74) is 0.617. The van der Waals surface area contributed by atoms with Crippen molar-refractivity contribution in [3.63, 3.8) is 0 Å². The zero-order valence-corrected chi connectivity index (χ0v) is 10.5. The van der Waals surface area contributed by atoms with Gasteiger partial charge >= 0.3 is 5.97 Å². The van der Waals surface area contributed by atoms with E-state index in [1.807, 2.05) is 18.2 Å². The molecule has 92 valence electrons. The van der Waals surface area contributed by atoms with E-state index in [9.17, 15) is 4.79 Å². The first-order chi connectivity index (χ1) is 8.31. The van der Waals surface area contributed by atoms with Crippen LogP contribution in [-0.4, -0.2) is 43.7 Å². The molecule has 1 aromatic carbocycles. The molecule has 1 aromatic rings. The normalized spacial score (nSPS) is 16.8. The Kier molecular flexibility index (Phi) is 4.42. The number of benzene rings is 1. The summed E-state index contributed by atoms with van der Waals surface area (Å²) in [5.74, 6) is -0.290. The standard InChI is InChI=1S/C12H15NO3S/c1-15-12(14)10-4-2-3-5-11(10)17-13-6-8-16-9-7-13/h2-5H,6-9H2,1H3. The van der Waals surface area contributed by atoms with E-state index in [1.54, 1.807) is 18.0 Å². The highest BCUT2D eigenvalue weighted by Gasteiger charge is 2.16. The monoisotopic (exact) mass is 253 g/mol. The van der Waals surface area contributed by atoms with Gasteiger partial charge in [0, 0.05) is 18.0 Å². The van der Waals surface area contributed by atoms with Crippen LogP contribution in [0, 0.1) is 0 Å². The summed E-state index contributed by atoms with van der Waals surface area (Å²) in [7, 11) is 1.40. The first kappa shape index (κ1) is 12.4. The van der Waals surface area contributed by atoms with Gasteiger partial charge in [0.25, 0.3) is 0 Å². The second-order valence-corrected chi connectivity index (χ2v) is 4.76. The Morgan fingerprint density at radius 3 is 2.76 bits per heavy atom. The molecule has 1 aliphatic heterocycles. The lowest BCUT2D eigenvalue weighted by molar-refractivity contribution is 0.0596. The first-order valence-corrected chi connectivity index (χ1v) is 6.26. The third-order valence-corrected chi connectivity index (χ3v) is 3.67. The molecule has 0 amide bonds. The van der Waals surface area contributed by atoms with E-state index in [2.05, 4.69) is 4.31 Å². The molecule has 0 aromatic heterocycles. The lowest BCUT2D eigenvalue weighted by Gasteiger charge is -2.25. The Balaban J connectivity index is 2.11. The topological polar surface area (TPSA) is 38.8 Å². The molecule has 1 heterocycles. The lowest BCUT2D eigenvalue weighted by Crippen LogP contribution is -2.31. The van der Waals surface area contributed by atoms with Crippen LogP contribution in [0.2, 0.25) is 0 Å². The Morgan fingerprint density at radius 2 is 2.06 bits per heavy atom. The maximum absolute atomic E-state index is 11.6. The predicted octanol–water partition coefficient (Wildman–Crippen LogP) is 1.81. The van der Waals surface area contributed by atoms with Crippen molar-refractivity contribution in [2.24, 2.45) is 0 Å². The van der Waals surface area contributed by atoms with E-state index >= 15 is 0 Å². The molecule has 0 spiro atoms. The van der Waals surface area contributed by atoms with Crippen molar-refractivity contribution in [2.75, 3.05) is 33.4 Å². The first-order valence-electron chi connectivity index (χ1n) is 5.49. The minimum Gasteiger partial charge on any atom is -0.465 e. The predicted molar refractivity (Wildman–Crippen MR) is 66.0 cm³/mol. The highest BCUT2D eigenvalue weighted by atomic mass is 32.2. The lowest BCUT2D eigenvalue weighted by atomic mass is 10.2. The van der Waals surface area contributed by atoms with Crippen molar-refractivity contribution in [2.45, 2.75) is 4.90 Å². The van der Waals surface area contributed by atoms with Gasteiger partial charge in [-0.2, -0.15) is 0 Å². The molecule has 0 aliphatic carbocycles. The second kappa shape index (κ2) is 6.05. The number of methoxy groups -OCH3 is 1. The van der Waals surface area contributed by atoms with Crippen LogP contribution in [0.4, 0.5) is 0 Å². The van der Waals surface area contributed by atoms with Gasteiger partial charge in [-0.05, 0) is 24.1 Å². The molecule has 1 fully saturated rings. The largest absolute Gasteiger partial charge is 0.465 e. The fraction of sp³-hybridized carbons (Fsp3) is 0.417. The van der Waals surface area contributed by atoms with Crippen LogP contribution in [-0.2, 0) is 9.47 Å². The summed E-state index contributed by atoms with van der Waals surface area (Å²) in [4.78, 5) is 12.5. The molecule has 2 rings (SSSR count). The molecule has 0 saturated carbocycles. The van der Waals surface area contributed by atoms with E-state index in [-0.39, 0.29) is 5.97 Å². The molecule has 0 bridgehead atoms. The SMILES string of the molecule is COC(=O)c1ccccc1SN1CCOCC1. The smallest absolute Gasteiger partial charge is 0.339 e. The van der Waals surface area contributed by atoms with Gasteiger partial charge in [-0.3, -0.25) is 0 Å². The number of morpholine rings is 1. The average molecular weight is 253 g/mol. The van der Waals surface area contributed by atoms with Crippen molar-refractivity contribution in [1.82, 2.24) is 4.31 Å². The Labute approximate surface area is 105 Å². The van der Waals surface area contributed by atoms with Crippen LogP contribution >= 0.6 is 11.9 Å². The molecule has 5 heteroatoms. The van der Waals surface area contributed by atoms with Crippen LogP contribution in [0.15, 0.2) is 29.2 Å². The molecule has 0 unspecified atom stereocenters. The van der Waals surface area contributed by atoms with E-state index in [4.69, 9.17) is 9.47 Å². The number of nitrogens with zero attached hydrogens (tertiary/aromatic N) is 1. The second-order valence-electron chi connectivity index (χ2n) is 3.62. The van der Waals surface area contributed by atoms with Crippen molar-refractivity contribution in [1.29, 1.82) is 0 Å². The maximum Gasteiger partial charge on any atom is 0.339 e. The van der Waals surface area contributed by atoms with Crippen LogP contribution < -0.4 is 0 Å². The van der Waals surface area contributed by atoms with Crippen LogP contribution in [0.1, 0.15) is 10.4 Å². The van der Waals surface area contributed by atoms with Crippen LogP contribution in [0.3, 0.4) is 0 Å². The minimum atomic E-state index is -0.290. The molecular formula is C12H15NO3S. The van der Waals surface area contributed by atoms with Crippen molar-refractivity contribution >= 4 is 17.9 Å². The van der Waals surface area contributed by atoms with Gasteiger partial charge in [0.05, 0.1) is 25.9 Å². The number of ether oxygens (including phenoxy) is 2. The van der Waals surface area contributed by atoms with Gasteiger partial charge in [-0.1, -0.05) is 12.1 Å². The van der Waals surface area contributed by atoms with Gasteiger partial charge in [0.1, 0.15) is 0 Å². The average Bonchev–Trinajstić information content (AvgIpc) is 2.40. The zero-order chi connectivity index (χ0) is 12.1. The maximum atomic E-state index is 11.6. The van der Waals surface area contributed by atoms with Crippen LogP contribution in [0.5, 0.6) is 0 Å². The van der Waals surface area contributed by atoms with Crippen molar-refractivity contribution < 1.29 is 14.3 Å². The third kappa shape index (κ3) is 3.21. The van der Waals surface area contributed by atoms with E-state index in [0.29, 0.717) is 5.56 Å². The van der Waals surface area contributed by atoms with E-state index in [0.717, 1.165) is 31.2 Å². The van der Waals surface area contributed by atoms with Crippen LogP contribution in [0.25, 0.3) is 0 Å². The summed E-state index contributed by atoms with van der Waals surface area (Å²) in [5, 5.41) is 0.